The third-order valence-corrected chi connectivity index (χ3v) is 2.37. The third kappa shape index (κ3) is 4.77. The Morgan fingerprint density at radius 1 is 1.44 bits per heavy atom. The molecule has 2 N–H and O–H groups in total. The van der Waals surface area contributed by atoms with Gasteiger partial charge in [0.05, 0.1) is 6.54 Å². The molecule has 0 aliphatic heterocycles. The summed E-state index contributed by atoms with van der Waals surface area (Å²) < 4.78 is 0. The maximum absolute atomic E-state index is 11.4. The lowest BCUT2D eigenvalue weighted by Crippen LogP contribution is -2.45. The van der Waals surface area contributed by atoms with E-state index in [1.54, 1.807) is 0 Å². The van der Waals surface area contributed by atoms with Gasteiger partial charge < -0.3 is 15.3 Å². The zero-order valence-electron chi connectivity index (χ0n) is 9.77. The molecule has 0 aromatic heterocycles. The van der Waals surface area contributed by atoms with Crippen molar-refractivity contribution in [2.75, 3.05) is 6.54 Å². The van der Waals surface area contributed by atoms with Gasteiger partial charge in [0.2, 0.25) is 12.3 Å². The number of aliphatic carboxylic acids is 1. The van der Waals surface area contributed by atoms with Crippen molar-refractivity contribution in [1.29, 1.82) is 0 Å². The van der Waals surface area contributed by atoms with Crippen molar-refractivity contribution in [3.63, 3.8) is 0 Å². The SMILES string of the molecule is CCC(C)N(C=O)CC(=O)NC(C)C(=O)O. The van der Waals surface area contributed by atoms with Gasteiger partial charge in [0, 0.05) is 6.04 Å². The number of carboxylic acids is 1. The number of rotatable bonds is 7. The van der Waals surface area contributed by atoms with Crippen LogP contribution in [0, 0.1) is 0 Å². The van der Waals surface area contributed by atoms with Crippen molar-refractivity contribution in [3.05, 3.63) is 0 Å². The van der Waals surface area contributed by atoms with E-state index < -0.39 is 17.9 Å². The zero-order valence-corrected chi connectivity index (χ0v) is 9.77. The number of nitrogens with zero attached hydrogens (tertiary/aromatic N) is 1. The number of amides is 2. The molecule has 0 aromatic carbocycles. The lowest BCUT2D eigenvalue weighted by atomic mass is 10.2. The average Bonchev–Trinajstić information content (AvgIpc) is 2.24. The highest BCUT2D eigenvalue weighted by atomic mass is 16.4. The van der Waals surface area contributed by atoms with Gasteiger partial charge in [-0.2, -0.15) is 0 Å². The van der Waals surface area contributed by atoms with E-state index in [-0.39, 0.29) is 12.6 Å². The van der Waals surface area contributed by atoms with Crippen LogP contribution in [0.3, 0.4) is 0 Å². The molecule has 0 heterocycles. The second-order valence-electron chi connectivity index (χ2n) is 3.66. The van der Waals surface area contributed by atoms with Gasteiger partial charge >= 0.3 is 5.97 Å². The summed E-state index contributed by atoms with van der Waals surface area (Å²) in [6.45, 7) is 4.98. The first kappa shape index (κ1) is 14.4. The molecular formula is C10H18N2O4. The minimum Gasteiger partial charge on any atom is -0.480 e. The smallest absolute Gasteiger partial charge is 0.325 e. The molecule has 0 aromatic rings. The summed E-state index contributed by atoms with van der Waals surface area (Å²) in [5, 5.41) is 10.9. The minimum absolute atomic E-state index is 0.0385. The first-order chi connectivity index (χ1) is 7.42. The predicted octanol–water partition coefficient (Wildman–Crippen LogP) is -0.167. The van der Waals surface area contributed by atoms with Crippen molar-refractivity contribution >= 4 is 18.3 Å². The topological polar surface area (TPSA) is 86.7 Å². The Morgan fingerprint density at radius 2 is 2.00 bits per heavy atom. The highest BCUT2D eigenvalue weighted by Crippen LogP contribution is 1.99. The fourth-order valence-electron chi connectivity index (χ4n) is 1.05. The van der Waals surface area contributed by atoms with Crippen LogP contribution in [-0.4, -0.2) is 46.9 Å². The van der Waals surface area contributed by atoms with Gasteiger partial charge in [0.25, 0.3) is 0 Å². The molecule has 6 nitrogen and oxygen atoms in total. The molecule has 0 radical (unpaired) electrons. The van der Waals surface area contributed by atoms with Crippen LogP contribution in [0.4, 0.5) is 0 Å². The third-order valence-electron chi connectivity index (χ3n) is 2.37. The highest BCUT2D eigenvalue weighted by molar-refractivity contribution is 5.85. The van der Waals surface area contributed by atoms with Gasteiger partial charge in [0.15, 0.2) is 0 Å². The van der Waals surface area contributed by atoms with Gasteiger partial charge in [-0.25, -0.2) is 0 Å². The molecular weight excluding hydrogens is 212 g/mol. The van der Waals surface area contributed by atoms with Crippen LogP contribution < -0.4 is 5.32 Å². The molecule has 6 heteroatoms. The molecule has 0 saturated heterocycles. The second kappa shape index (κ2) is 6.81. The zero-order chi connectivity index (χ0) is 12.7. The molecule has 2 atom stereocenters. The van der Waals surface area contributed by atoms with E-state index in [0.29, 0.717) is 6.41 Å². The molecule has 0 aliphatic rings. The molecule has 0 rings (SSSR count). The largest absolute Gasteiger partial charge is 0.480 e. The van der Waals surface area contributed by atoms with Crippen LogP contribution in [0.15, 0.2) is 0 Å². The van der Waals surface area contributed by atoms with Gasteiger partial charge in [-0.05, 0) is 20.3 Å². The average molecular weight is 230 g/mol. The summed E-state index contributed by atoms with van der Waals surface area (Å²) in [5.74, 6) is -1.57. The number of hydrogen-bond acceptors (Lipinski definition) is 3. The van der Waals surface area contributed by atoms with Crippen LogP contribution in [0.2, 0.25) is 0 Å². The van der Waals surface area contributed by atoms with Crippen molar-refractivity contribution in [2.45, 2.75) is 39.3 Å². The Labute approximate surface area is 94.6 Å². The van der Waals surface area contributed by atoms with Gasteiger partial charge in [-0.15, -0.1) is 0 Å². The van der Waals surface area contributed by atoms with Gasteiger partial charge in [0.1, 0.15) is 6.04 Å². The first-order valence-corrected chi connectivity index (χ1v) is 5.15. The van der Waals surface area contributed by atoms with E-state index in [9.17, 15) is 14.4 Å². The number of hydrogen-bond donors (Lipinski definition) is 2. The molecule has 92 valence electrons. The minimum atomic E-state index is -1.10. The normalized spacial score (nSPS) is 13.7. The standard InChI is InChI=1S/C10H18N2O4/c1-4-7(2)12(6-13)5-9(14)11-8(3)10(15)16/h6-8H,4-5H2,1-3H3,(H,11,14)(H,15,16). The van der Waals surface area contributed by atoms with Crippen LogP contribution in [0.25, 0.3) is 0 Å². The lowest BCUT2D eigenvalue weighted by Gasteiger charge is -2.23. The lowest BCUT2D eigenvalue weighted by molar-refractivity contribution is -0.141. The van der Waals surface area contributed by atoms with Crippen LogP contribution >= 0.6 is 0 Å². The maximum Gasteiger partial charge on any atom is 0.325 e. The molecule has 0 bridgehead atoms. The molecule has 16 heavy (non-hydrogen) atoms. The van der Waals surface area contributed by atoms with E-state index >= 15 is 0 Å². The van der Waals surface area contributed by atoms with E-state index in [2.05, 4.69) is 5.32 Å². The summed E-state index contributed by atoms with van der Waals surface area (Å²) in [5.41, 5.74) is 0. The Balaban J connectivity index is 4.21. The van der Waals surface area contributed by atoms with E-state index in [1.165, 1.54) is 11.8 Å². The van der Waals surface area contributed by atoms with Gasteiger partial charge in [-0.3, -0.25) is 14.4 Å². The second-order valence-corrected chi connectivity index (χ2v) is 3.66. The van der Waals surface area contributed by atoms with Crippen molar-refractivity contribution in [1.82, 2.24) is 10.2 Å². The van der Waals surface area contributed by atoms with Crippen LogP contribution in [0.1, 0.15) is 27.2 Å². The summed E-state index contributed by atoms with van der Waals surface area (Å²) >= 11 is 0. The quantitative estimate of drug-likeness (QED) is 0.595. The highest BCUT2D eigenvalue weighted by Gasteiger charge is 2.17. The monoisotopic (exact) mass is 230 g/mol. The first-order valence-electron chi connectivity index (χ1n) is 5.15. The maximum atomic E-state index is 11.4. The Hall–Kier alpha value is -1.59. The Kier molecular flexibility index (Phi) is 6.14. The number of carboxylic acid groups (broad SMARTS) is 1. The summed E-state index contributed by atoms with van der Waals surface area (Å²) in [7, 11) is 0. The van der Waals surface area contributed by atoms with Crippen molar-refractivity contribution in [3.8, 4) is 0 Å². The molecule has 0 aliphatic carbocycles. The predicted molar refractivity (Wildman–Crippen MR) is 57.8 cm³/mol. The number of carbonyl (C=O) groups is 3. The van der Waals surface area contributed by atoms with Gasteiger partial charge in [-0.1, -0.05) is 6.92 Å². The van der Waals surface area contributed by atoms with Crippen molar-refractivity contribution < 1.29 is 19.5 Å². The van der Waals surface area contributed by atoms with Crippen LogP contribution in [-0.2, 0) is 14.4 Å². The molecule has 0 saturated carbocycles. The van der Waals surface area contributed by atoms with E-state index in [1.807, 2.05) is 13.8 Å². The Bertz CT molecular complexity index is 268. The molecule has 2 unspecified atom stereocenters. The fourth-order valence-corrected chi connectivity index (χ4v) is 1.05. The summed E-state index contributed by atoms with van der Waals surface area (Å²) in [4.78, 5) is 33.9. The fraction of sp³-hybridized carbons (Fsp3) is 0.700. The molecule has 0 spiro atoms. The summed E-state index contributed by atoms with van der Waals surface area (Å²) in [6, 6.07) is -0.985. The van der Waals surface area contributed by atoms with Crippen LogP contribution in [0.5, 0.6) is 0 Å². The Morgan fingerprint density at radius 3 is 2.38 bits per heavy atom. The van der Waals surface area contributed by atoms with Crippen molar-refractivity contribution in [2.24, 2.45) is 0 Å². The number of nitrogens with one attached hydrogen (secondary N) is 1. The van der Waals surface area contributed by atoms with E-state index in [0.717, 1.165) is 6.42 Å². The summed E-state index contributed by atoms with van der Waals surface area (Å²) in [6.07, 6.45) is 1.33. The number of carbonyl (C=O) groups excluding carboxylic acids is 2. The van der Waals surface area contributed by atoms with E-state index in [4.69, 9.17) is 5.11 Å². The molecule has 2 amide bonds. The molecule has 0 fully saturated rings.